The Morgan fingerprint density at radius 3 is 2.93 bits per heavy atom. The average molecular weight is 208 g/mol. The van der Waals surface area contributed by atoms with Crippen LogP contribution < -0.4 is 11.3 Å². The fourth-order valence-corrected chi connectivity index (χ4v) is 1.54. The van der Waals surface area contributed by atoms with Crippen molar-refractivity contribution in [1.82, 2.24) is 5.43 Å². The lowest BCUT2D eigenvalue weighted by Gasteiger charge is -2.16. The van der Waals surface area contributed by atoms with Gasteiger partial charge in [0.05, 0.1) is 0 Å². The smallest absolute Gasteiger partial charge is 0.128 e. The van der Waals surface area contributed by atoms with Gasteiger partial charge in [-0.3, -0.25) is 11.3 Å². The predicted molar refractivity (Wildman–Crippen MR) is 60.6 cm³/mol. The van der Waals surface area contributed by atoms with Gasteiger partial charge in [-0.2, -0.15) is 0 Å². The zero-order valence-electron chi connectivity index (χ0n) is 8.96. The maximum absolute atomic E-state index is 13.5. The summed E-state index contributed by atoms with van der Waals surface area (Å²) in [6.07, 6.45) is 3.36. The second kappa shape index (κ2) is 5.63. The van der Waals surface area contributed by atoms with Gasteiger partial charge in [-0.1, -0.05) is 23.8 Å². The highest BCUT2D eigenvalue weighted by Crippen LogP contribution is 2.22. The van der Waals surface area contributed by atoms with Crippen LogP contribution in [0.3, 0.4) is 0 Å². The summed E-state index contributed by atoms with van der Waals surface area (Å²) in [4.78, 5) is 0. The van der Waals surface area contributed by atoms with E-state index >= 15 is 0 Å². The van der Waals surface area contributed by atoms with E-state index < -0.39 is 0 Å². The summed E-state index contributed by atoms with van der Waals surface area (Å²) in [7, 11) is 0. The van der Waals surface area contributed by atoms with Gasteiger partial charge in [0, 0.05) is 11.6 Å². The molecule has 3 N–H and O–H groups in total. The third-order valence-electron chi connectivity index (χ3n) is 2.39. The van der Waals surface area contributed by atoms with Crippen LogP contribution in [0.5, 0.6) is 0 Å². The van der Waals surface area contributed by atoms with E-state index in [2.05, 4.69) is 12.0 Å². The van der Waals surface area contributed by atoms with Crippen molar-refractivity contribution >= 4 is 0 Å². The quantitative estimate of drug-likeness (QED) is 0.443. The van der Waals surface area contributed by atoms with E-state index in [0.717, 1.165) is 18.4 Å². The molecule has 1 rings (SSSR count). The van der Waals surface area contributed by atoms with Crippen LogP contribution in [0.4, 0.5) is 4.39 Å². The highest BCUT2D eigenvalue weighted by atomic mass is 19.1. The Hall–Kier alpha value is -1.19. The SMILES string of the molecule is C=CCCC(NN)c1cc(C)ccc1F. The van der Waals surface area contributed by atoms with Crippen LogP contribution in [-0.2, 0) is 0 Å². The molecule has 0 heterocycles. The van der Waals surface area contributed by atoms with Gasteiger partial charge in [0.15, 0.2) is 0 Å². The van der Waals surface area contributed by atoms with Crippen LogP contribution in [0, 0.1) is 12.7 Å². The Bertz CT molecular complexity index is 336. The van der Waals surface area contributed by atoms with Gasteiger partial charge in [0.2, 0.25) is 0 Å². The minimum Gasteiger partial charge on any atom is -0.271 e. The molecule has 0 spiro atoms. The van der Waals surface area contributed by atoms with Crippen LogP contribution in [0.1, 0.15) is 30.0 Å². The Labute approximate surface area is 90.0 Å². The Kier molecular flexibility index (Phi) is 4.46. The molecular weight excluding hydrogens is 191 g/mol. The molecule has 1 aromatic carbocycles. The number of hydrogen-bond acceptors (Lipinski definition) is 2. The number of hydrogen-bond donors (Lipinski definition) is 2. The van der Waals surface area contributed by atoms with Gasteiger partial charge in [-0.25, -0.2) is 4.39 Å². The van der Waals surface area contributed by atoms with E-state index in [-0.39, 0.29) is 11.9 Å². The second-order valence-electron chi connectivity index (χ2n) is 3.61. The molecule has 0 aliphatic rings. The Morgan fingerprint density at radius 1 is 1.60 bits per heavy atom. The first-order valence-corrected chi connectivity index (χ1v) is 5.02. The number of aryl methyl sites for hydroxylation is 1. The number of hydrazine groups is 1. The van der Waals surface area contributed by atoms with E-state index in [1.165, 1.54) is 6.07 Å². The van der Waals surface area contributed by atoms with Crippen molar-refractivity contribution in [2.75, 3.05) is 0 Å². The van der Waals surface area contributed by atoms with Gasteiger partial charge >= 0.3 is 0 Å². The fraction of sp³-hybridized carbons (Fsp3) is 0.333. The molecule has 0 amide bonds. The minimum absolute atomic E-state index is 0.150. The van der Waals surface area contributed by atoms with Gasteiger partial charge in [0.25, 0.3) is 0 Å². The summed E-state index contributed by atoms with van der Waals surface area (Å²) < 4.78 is 13.5. The zero-order valence-corrected chi connectivity index (χ0v) is 8.96. The molecule has 2 nitrogen and oxygen atoms in total. The summed E-state index contributed by atoms with van der Waals surface area (Å²) in [5, 5.41) is 0. The first-order valence-electron chi connectivity index (χ1n) is 5.02. The molecule has 0 fully saturated rings. The predicted octanol–water partition coefficient (Wildman–Crippen LogP) is 2.60. The van der Waals surface area contributed by atoms with Crippen molar-refractivity contribution in [3.63, 3.8) is 0 Å². The molecule has 0 aliphatic carbocycles. The number of rotatable bonds is 5. The summed E-state index contributed by atoms with van der Waals surface area (Å²) in [5.41, 5.74) is 4.29. The van der Waals surface area contributed by atoms with Crippen molar-refractivity contribution in [3.05, 3.63) is 47.8 Å². The summed E-state index contributed by atoms with van der Waals surface area (Å²) in [6.45, 7) is 5.57. The van der Waals surface area contributed by atoms with Gasteiger partial charge in [0.1, 0.15) is 5.82 Å². The van der Waals surface area contributed by atoms with Crippen molar-refractivity contribution in [2.45, 2.75) is 25.8 Å². The lowest BCUT2D eigenvalue weighted by Crippen LogP contribution is -2.28. The van der Waals surface area contributed by atoms with E-state index in [1.807, 2.05) is 13.0 Å². The Balaban J connectivity index is 2.89. The van der Waals surface area contributed by atoms with E-state index in [9.17, 15) is 4.39 Å². The van der Waals surface area contributed by atoms with Gasteiger partial charge in [-0.05, 0) is 25.8 Å². The molecule has 0 radical (unpaired) electrons. The maximum Gasteiger partial charge on any atom is 0.128 e. The fourth-order valence-electron chi connectivity index (χ4n) is 1.54. The monoisotopic (exact) mass is 208 g/mol. The summed E-state index contributed by atoms with van der Waals surface area (Å²) in [5.74, 6) is 5.20. The largest absolute Gasteiger partial charge is 0.271 e. The summed E-state index contributed by atoms with van der Waals surface area (Å²) >= 11 is 0. The molecule has 1 atom stereocenters. The topological polar surface area (TPSA) is 38.0 Å². The van der Waals surface area contributed by atoms with E-state index in [1.54, 1.807) is 12.1 Å². The molecule has 15 heavy (non-hydrogen) atoms. The van der Waals surface area contributed by atoms with Crippen LogP contribution in [-0.4, -0.2) is 0 Å². The molecule has 1 aromatic rings. The van der Waals surface area contributed by atoms with E-state index in [0.29, 0.717) is 5.56 Å². The molecule has 0 bridgehead atoms. The van der Waals surface area contributed by atoms with Crippen molar-refractivity contribution in [2.24, 2.45) is 5.84 Å². The van der Waals surface area contributed by atoms with Crippen LogP contribution in [0.2, 0.25) is 0 Å². The lowest BCUT2D eigenvalue weighted by atomic mass is 10.00. The molecule has 0 saturated carbocycles. The van der Waals surface area contributed by atoms with Crippen molar-refractivity contribution < 1.29 is 4.39 Å². The maximum atomic E-state index is 13.5. The standard InChI is InChI=1S/C12H17FN2/c1-3-4-5-12(15-14)10-8-9(2)6-7-11(10)13/h3,6-8,12,15H,1,4-5,14H2,2H3. The minimum atomic E-state index is -0.215. The molecule has 0 aromatic heterocycles. The third kappa shape index (κ3) is 3.15. The molecule has 0 aliphatic heterocycles. The molecule has 3 heteroatoms. The zero-order chi connectivity index (χ0) is 11.3. The third-order valence-corrected chi connectivity index (χ3v) is 2.39. The molecule has 82 valence electrons. The number of nitrogens with two attached hydrogens (primary N) is 1. The van der Waals surface area contributed by atoms with E-state index in [4.69, 9.17) is 5.84 Å². The second-order valence-corrected chi connectivity index (χ2v) is 3.61. The number of allylic oxidation sites excluding steroid dienone is 1. The first-order chi connectivity index (χ1) is 7.19. The van der Waals surface area contributed by atoms with Crippen LogP contribution in [0.15, 0.2) is 30.9 Å². The highest BCUT2D eigenvalue weighted by molar-refractivity contribution is 5.26. The molecule has 1 unspecified atom stereocenters. The highest BCUT2D eigenvalue weighted by Gasteiger charge is 2.13. The number of halogens is 1. The Morgan fingerprint density at radius 2 is 2.33 bits per heavy atom. The normalized spacial score (nSPS) is 12.5. The first kappa shape index (κ1) is 11.9. The van der Waals surface area contributed by atoms with Crippen molar-refractivity contribution in [3.8, 4) is 0 Å². The molecule has 0 saturated heterocycles. The number of nitrogens with one attached hydrogen (secondary N) is 1. The van der Waals surface area contributed by atoms with Gasteiger partial charge in [-0.15, -0.1) is 6.58 Å². The van der Waals surface area contributed by atoms with Gasteiger partial charge < -0.3 is 0 Å². The van der Waals surface area contributed by atoms with Crippen LogP contribution >= 0.6 is 0 Å². The lowest BCUT2D eigenvalue weighted by molar-refractivity contribution is 0.488. The average Bonchev–Trinajstić information content (AvgIpc) is 2.24. The van der Waals surface area contributed by atoms with Crippen LogP contribution in [0.25, 0.3) is 0 Å². The summed E-state index contributed by atoms with van der Waals surface area (Å²) in [6, 6.07) is 4.90. The molecular formula is C12H17FN2. The number of benzene rings is 1. The van der Waals surface area contributed by atoms with Crippen molar-refractivity contribution in [1.29, 1.82) is 0 Å².